The zero-order chi connectivity index (χ0) is 14.1. The molecule has 1 N–H and O–H groups in total. The molecular formula is C16H14F2O2. The summed E-state index contributed by atoms with van der Waals surface area (Å²) in [4.78, 5) is 0. The van der Waals surface area contributed by atoms with E-state index in [1.54, 1.807) is 0 Å². The minimum Gasteiger partial charge on any atom is -0.385 e. The molecule has 1 aliphatic heterocycles. The van der Waals surface area contributed by atoms with Gasteiger partial charge in [0, 0.05) is 0 Å². The summed E-state index contributed by atoms with van der Waals surface area (Å²) in [6.45, 7) is 0.425. The lowest BCUT2D eigenvalue weighted by molar-refractivity contribution is -0.0509. The van der Waals surface area contributed by atoms with E-state index in [2.05, 4.69) is 0 Å². The summed E-state index contributed by atoms with van der Waals surface area (Å²) in [6.07, 6.45) is -1.37. The number of aliphatic hydroxyl groups is 1. The van der Waals surface area contributed by atoms with E-state index in [4.69, 9.17) is 4.74 Å². The van der Waals surface area contributed by atoms with E-state index >= 15 is 0 Å². The van der Waals surface area contributed by atoms with Crippen molar-refractivity contribution in [3.05, 3.63) is 70.8 Å². The number of halogens is 2. The number of hydrogen-bond acceptors (Lipinski definition) is 2. The van der Waals surface area contributed by atoms with Crippen LogP contribution >= 0.6 is 0 Å². The van der Waals surface area contributed by atoms with Gasteiger partial charge in [-0.25, -0.2) is 8.78 Å². The van der Waals surface area contributed by atoms with Crippen molar-refractivity contribution >= 4 is 0 Å². The average Bonchev–Trinajstić information content (AvgIpc) is 2.46. The van der Waals surface area contributed by atoms with Crippen LogP contribution in [0.1, 0.15) is 28.9 Å². The Morgan fingerprint density at radius 2 is 1.75 bits per heavy atom. The van der Waals surface area contributed by atoms with Gasteiger partial charge in [0.25, 0.3) is 0 Å². The summed E-state index contributed by atoms with van der Waals surface area (Å²) in [5, 5.41) is 10.3. The van der Waals surface area contributed by atoms with Crippen LogP contribution in [0.4, 0.5) is 8.78 Å². The zero-order valence-electron chi connectivity index (χ0n) is 10.7. The van der Waals surface area contributed by atoms with Crippen LogP contribution in [0.25, 0.3) is 0 Å². The molecule has 2 nitrogen and oxygen atoms in total. The van der Waals surface area contributed by atoms with Gasteiger partial charge in [0.1, 0.15) is 23.8 Å². The molecule has 0 fully saturated rings. The molecular weight excluding hydrogens is 262 g/mol. The second-order valence-electron chi connectivity index (χ2n) is 4.82. The molecule has 0 aromatic heterocycles. The number of benzene rings is 2. The Kier molecular flexibility index (Phi) is 3.51. The molecule has 0 saturated carbocycles. The van der Waals surface area contributed by atoms with Crippen molar-refractivity contribution < 1.29 is 18.6 Å². The first-order valence-corrected chi connectivity index (χ1v) is 6.50. The number of aliphatic hydroxyl groups excluding tert-OH is 1. The third kappa shape index (κ3) is 2.21. The summed E-state index contributed by atoms with van der Waals surface area (Å²) >= 11 is 0. The topological polar surface area (TPSA) is 29.5 Å². The molecule has 1 heterocycles. The molecule has 0 saturated heterocycles. The van der Waals surface area contributed by atoms with Gasteiger partial charge in [-0.3, -0.25) is 0 Å². The molecule has 2 atom stereocenters. The quantitative estimate of drug-likeness (QED) is 0.911. The fourth-order valence-electron chi connectivity index (χ4n) is 2.63. The summed E-state index contributed by atoms with van der Waals surface area (Å²) in [6, 6.07) is 11.0. The van der Waals surface area contributed by atoms with Crippen molar-refractivity contribution in [3.63, 3.8) is 0 Å². The maximum atomic E-state index is 13.8. The molecule has 20 heavy (non-hydrogen) atoms. The summed E-state index contributed by atoms with van der Waals surface area (Å²) in [5.41, 5.74) is 1.49. The minimum absolute atomic E-state index is 0.339. The zero-order valence-corrected chi connectivity index (χ0v) is 10.7. The first kappa shape index (κ1) is 13.2. The van der Waals surface area contributed by atoms with E-state index in [9.17, 15) is 13.9 Å². The predicted molar refractivity (Wildman–Crippen MR) is 70.2 cm³/mol. The molecule has 0 radical (unpaired) electrons. The molecule has 0 amide bonds. The monoisotopic (exact) mass is 276 g/mol. The van der Waals surface area contributed by atoms with E-state index < -0.39 is 23.8 Å². The first-order chi connectivity index (χ1) is 9.68. The van der Waals surface area contributed by atoms with E-state index in [1.807, 2.05) is 24.3 Å². The Hall–Kier alpha value is -1.78. The number of hydrogen-bond donors (Lipinski definition) is 1. The van der Waals surface area contributed by atoms with E-state index in [1.165, 1.54) is 6.07 Å². The predicted octanol–water partition coefficient (Wildman–Crippen LogP) is 3.31. The first-order valence-electron chi connectivity index (χ1n) is 6.50. The molecule has 1 aliphatic rings. The van der Waals surface area contributed by atoms with Crippen molar-refractivity contribution in [1.82, 2.24) is 0 Å². The number of fused-ring (bicyclic) bond motifs is 1. The largest absolute Gasteiger partial charge is 0.385 e. The highest BCUT2D eigenvalue weighted by Gasteiger charge is 2.31. The second-order valence-corrected chi connectivity index (χ2v) is 4.82. The summed E-state index contributed by atoms with van der Waals surface area (Å²) in [5.74, 6) is -1.52. The Bertz CT molecular complexity index is 607. The average molecular weight is 276 g/mol. The van der Waals surface area contributed by atoms with Gasteiger partial charge in [-0.2, -0.15) is 0 Å². The SMILES string of the molecule is OC(c1c(F)cccc1F)C1OCCc2ccccc21. The van der Waals surface area contributed by atoms with Gasteiger partial charge >= 0.3 is 0 Å². The fraction of sp³-hybridized carbons (Fsp3) is 0.250. The Morgan fingerprint density at radius 3 is 2.50 bits per heavy atom. The van der Waals surface area contributed by atoms with Gasteiger partial charge in [0.05, 0.1) is 12.2 Å². The van der Waals surface area contributed by atoms with Crippen LogP contribution in [0.5, 0.6) is 0 Å². The highest BCUT2D eigenvalue weighted by molar-refractivity contribution is 5.34. The van der Waals surface area contributed by atoms with Crippen LogP contribution < -0.4 is 0 Å². The fourth-order valence-corrected chi connectivity index (χ4v) is 2.63. The normalized spacial score (nSPS) is 19.4. The third-order valence-corrected chi connectivity index (χ3v) is 3.61. The Balaban J connectivity index is 2.02. The molecule has 0 aliphatic carbocycles. The van der Waals surface area contributed by atoms with Gasteiger partial charge in [0.2, 0.25) is 0 Å². The highest BCUT2D eigenvalue weighted by Crippen LogP contribution is 2.38. The molecule has 104 valence electrons. The van der Waals surface area contributed by atoms with Gasteiger partial charge < -0.3 is 9.84 Å². The van der Waals surface area contributed by atoms with E-state index in [0.29, 0.717) is 6.61 Å². The highest BCUT2D eigenvalue weighted by atomic mass is 19.1. The van der Waals surface area contributed by atoms with Crippen molar-refractivity contribution in [2.75, 3.05) is 6.61 Å². The lowest BCUT2D eigenvalue weighted by atomic mass is 9.91. The van der Waals surface area contributed by atoms with E-state index in [-0.39, 0.29) is 5.56 Å². The van der Waals surface area contributed by atoms with Gasteiger partial charge in [-0.15, -0.1) is 0 Å². The molecule has 2 unspecified atom stereocenters. The molecule has 0 spiro atoms. The lowest BCUT2D eigenvalue weighted by Crippen LogP contribution is -2.23. The van der Waals surface area contributed by atoms with Crippen LogP contribution in [0.15, 0.2) is 42.5 Å². The van der Waals surface area contributed by atoms with Crippen molar-refractivity contribution in [3.8, 4) is 0 Å². The minimum atomic E-state index is -1.36. The Morgan fingerprint density at radius 1 is 1.05 bits per heavy atom. The lowest BCUT2D eigenvalue weighted by Gasteiger charge is -2.30. The van der Waals surface area contributed by atoms with Crippen LogP contribution in [-0.4, -0.2) is 11.7 Å². The summed E-state index contributed by atoms with van der Waals surface area (Å²) in [7, 11) is 0. The van der Waals surface area contributed by atoms with Gasteiger partial charge in [-0.1, -0.05) is 30.3 Å². The maximum Gasteiger partial charge on any atom is 0.132 e. The smallest absolute Gasteiger partial charge is 0.132 e. The molecule has 4 heteroatoms. The van der Waals surface area contributed by atoms with Crippen molar-refractivity contribution in [2.24, 2.45) is 0 Å². The molecule has 0 bridgehead atoms. The number of rotatable bonds is 2. The van der Waals surface area contributed by atoms with Crippen LogP contribution in [-0.2, 0) is 11.2 Å². The van der Waals surface area contributed by atoms with E-state index in [0.717, 1.165) is 29.7 Å². The van der Waals surface area contributed by atoms with Crippen LogP contribution in [0, 0.1) is 11.6 Å². The Labute approximate surface area is 115 Å². The van der Waals surface area contributed by atoms with Crippen molar-refractivity contribution in [2.45, 2.75) is 18.6 Å². The van der Waals surface area contributed by atoms with Gasteiger partial charge in [0.15, 0.2) is 0 Å². The second kappa shape index (κ2) is 5.31. The van der Waals surface area contributed by atoms with Gasteiger partial charge in [-0.05, 0) is 29.7 Å². The standard InChI is InChI=1S/C16H14F2O2/c17-12-6-3-7-13(18)14(12)15(19)16-11-5-2-1-4-10(11)8-9-20-16/h1-7,15-16,19H,8-9H2. The van der Waals surface area contributed by atoms with Crippen LogP contribution in [0.3, 0.4) is 0 Å². The molecule has 2 aromatic carbocycles. The third-order valence-electron chi connectivity index (χ3n) is 3.61. The summed E-state index contributed by atoms with van der Waals surface area (Å²) < 4.78 is 33.1. The maximum absolute atomic E-state index is 13.8. The van der Waals surface area contributed by atoms with Crippen molar-refractivity contribution in [1.29, 1.82) is 0 Å². The van der Waals surface area contributed by atoms with Crippen LogP contribution in [0.2, 0.25) is 0 Å². The molecule has 2 aromatic rings. The molecule has 3 rings (SSSR count). The number of ether oxygens (including phenoxy) is 1.